The van der Waals surface area contributed by atoms with E-state index in [0.717, 1.165) is 53.9 Å². The maximum absolute atomic E-state index is 14.0. The second kappa shape index (κ2) is 10.2. The van der Waals surface area contributed by atoms with Crippen molar-refractivity contribution in [2.24, 2.45) is 29.6 Å². The third kappa shape index (κ3) is 4.21. The van der Waals surface area contributed by atoms with Gasteiger partial charge in [0.25, 0.3) is 11.8 Å². The van der Waals surface area contributed by atoms with Gasteiger partial charge in [-0.25, -0.2) is 4.98 Å². The SMILES string of the molecule is COc1cc(C(=O)N2CC3CC4CC2[C@H]43)cc2nc(-c3cc4ccccc4n3CC3CC3)n(CC3CN(C(=O)c4cccnc4)C3)c12. The third-order valence-corrected chi connectivity index (χ3v) is 11.8. The number of fused-ring (bicyclic) bond motifs is 2. The predicted octanol–water partition coefficient (Wildman–Crippen LogP) is 5.72. The molecule has 3 unspecified atom stereocenters. The minimum Gasteiger partial charge on any atom is -0.494 e. The monoisotopic (exact) mass is 626 g/mol. The average molecular weight is 627 g/mol. The molecule has 3 aromatic heterocycles. The number of nitrogens with zero attached hydrogens (tertiary/aromatic N) is 6. The van der Waals surface area contributed by atoms with Crippen LogP contribution in [0.2, 0.25) is 0 Å². The third-order valence-electron chi connectivity index (χ3n) is 11.8. The van der Waals surface area contributed by atoms with Gasteiger partial charge >= 0.3 is 0 Å². The molecule has 0 spiro atoms. The summed E-state index contributed by atoms with van der Waals surface area (Å²) in [6.45, 7) is 3.86. The number of rotatable bonds is 8. The van der Waals surface area contributed by atoms with Crippen LogP contribution >= 0.6 is 0 Å². The van der Waals surface area contributed by atoms with Crippen LogP contribution in [-0.4, -0.2) is 73.5 Å². The van der Waals surface area contributed by atoms with Crippen molar-refractivity contribution >= 4 is 33.8 Å². The highest BCUT2D eigenvalue weighted by molar-refractivity contribution is 6.01. The van der Waals surface area contributed by atoms with Crippen LogP contribution in [0.5, 0.6) is 5.75 Å². The Balaban J connectivity index is 1.05. The maximum atomic E-state index is 14.0. The molecule has 2 amide bonds. The summed E-state index contributed by atoms with van der Waals surface area (Å²) in [5, 5.41) is 1.20. The number of hydrogen-bond donors (Lipinski definition) is 0. The van der Waals surface area contributed by atoms with Crippen LogP contribution in [0.4, 0.5) is 0 Å². The molecule has 10 rings (SSSR count). The summed E-state index contributed by atoms with van der Waals surface area (Å²) in [4.78, 5) is 40.6. The Labute approximate surface area is 273 Å². The Morgan fingerprint density at radius 1 is 0.872 bits per heavy atom. The van der Waals surface area contributed by atoms with Gasteiger partial charge in [-0.2, -0.15) is 0 Å². The summed E-state index contributed by atoms with van der Waals surface area (Å²) in [7, 11) is 1.69. The van der Waals surface area contributed by atoms with Gasteiger partial charge in [-0.05, 0) is 85.8 Å². The number of amides is 2. The highest BCUT2D eigenvalue weighted by atomic mass is 16.5. The first kappa shape index (κ1) is 27.5. The summed E-state index contributed by atoms with van der Waals surface area (Å²) in [5.74, 6) is 4.85. The number of pyridine rings is 1. The molecule has 2 aromatic carbocycles. The summed E-state index contributed by atoms with van der Waals surface area (Å²) in [6, 6.07) is 18.8. The normalized spacial score (nSPS) is 24.6. The number of carbonyl (C=O) groups is 2. The molecule has 5 heterocycles. The Kier molecular flexibility index (Phi) is 5.94. The first-order valence-electron chi connectivity index (χ1n) is 17.2. The molecule has 0 radical (unpaired) electrons. The lowest BCUT2D eigenvalue weighted by Crippen LogP contribution is -2.53. The minimum atomic E-state index is 0.0171. The number of aromatic nitrogens is 4. The molecular formula is C38H38N6O3. The summed E-state index contributed by atoms with van der Waals surface area (Å²) < 4.78 is 10.8. The van der Waals surface area contributed by atoms with E-state index < -0.39 is 0 Å². The fraction of sp³-hybridized carbons (Fsp3) is 0.421. The van der Waals surface area contributed by atoms with Crippen molar-refractivity contribution < 1.29 is 14.3 Å². The molecule has 9 nitrogen and oxygen atoms in total. The number of hydrogen-bond acceptors (Lipinski definition) is 5. The molecular weight excluding hydrogens is 588 g/mol. The van der Waals surface area contributed by atoms with E-state index in [2.05, 4.69) is 49.3 Å². The zero-order valence-electron chi connectivity index (χ0n) is 26.6. The molecule has 3 saturated carbocycles. The standard InChI is InChI=1S/C38H38N6O3/c1-47-33-15-27(38(46)43-21-28-11-26-14-31(43)34(26)28)12-29-35(33)44(20-23-17-41(18-23)37(45)25-6-4-10-39-16-25)36(40-29)32-13-24-5-2-3-7-30(24)42(32)19-22-8-9-22/h2-7,10,12-13,15-16,22-23,26,28,31,34H,8-9,11,14,17-21H2,1H3/t26?,28?,31?,34-/m1/s1. The van der Waals surface area contributed by atoms with E-state index in [4.69, 9.17) is 9.72 Å². The van der Waals surface area contributed by atoms with Crippen molar-refractivity contribution in [3.63, 3.8) is 0 Å². The lowest BCUT2D eigenvalue weighted by molar-refractivity contribution is -0.0204. The number of carbonyl (C=O) groups excluding carboxylic acids is 2. The van der Waals surface area contributed by atoms with E-state index in [1.54, 1.807) is 25.6 Å². The molecule has 0 N–H and O–H groups in total. The molecule has 2 aliphatic heterocycles. The summed E-state index contributed by atoms with van der Waals surface area (Å²) in [5.41, 5.74) is 5.27. The van der Waals surface area contributed by atoms with Gasteiger partial charge in [0.05, 0.1) is 23.9 Å². The number of methoxy groups -OCH3 is 1. The minimum absolute atomic E-state index is 0.0171. The van der Waals surface area contributed by atoms with Gasteiger partial charge in [-0.15, -0.1) is 0 Å². The van der Waals surface area contributed by atoms with E-state index >= 15 is 0 Å². The summed E-state index contributed by atoms with van der Waals surface area (Å²) in [6.07, 6.45) is 8.26. The second-order valence-electron chi connectivity index (χ2n) is 14.6. The fourth-order valence-corrected chi connectivity index (χ4v) is 9.18. The van der Waals surface area contributed by atoms with Gasteiger partial charge in [-0.1, -0.05) is 18.2 Å². The molecule has 4 atom stereocenters. The molecule has 5 aromatic rings. The van der Waals surface area contributed by atoms with Crippen molar-refractivity contribution in [2.75, 3.05) is 26.7 Å². The maximum Gasteiger partial charge on any atom is 0.255 e. The highest BCUT2D eigenvalue weighted by Crippen LogP contribution is 2.60. The van der Waals surface area contributed by atoms with E-state index in [-0.39, 0.29) is 17.7 Å². The van der Waals surface area contributed by atoms with Crippen LogP contribution in [0.15, 0.2) is 67.0 Å². The number of para-hydroxylation sites is 1. The lowest BCUT2D eigenvalue weighted by Gasteiger charge is -2.52. The average Bonchev–Trinajstić information content (AvgIpc) is 3.72. The van der Waals surface area contributed by atoms with Gasteiger partial charge < -0.3 is 23.7 Å². The quantitative estimate of drug-likeness (QED) is 0.220. The van der Waals surface area contributed by atoms with Crippen LogP contribution in [0.1, 0.15) is 46.4 Å². The first-order chi connectivity index (χ1) is 23.0. The van der Waals surface area contributed by atoms with Crippen LogP contribution in [0.25, 0.3) is 33.5 Å². The fourth-order valence-electron chi connectivity index (χ4n) is 9.18. The van der Waals surface area contributed by atoms with Crippen LogP contribution in [0.3, 0.4) is 0 Å². The molecule has 2 saturated heterocycles. The number of imidazole rings is 1. The molecule has 5 fully saturated rings. The highest BCUT2D eigenvalue weighted by Gasteiger charge is 2.61. The number of benzene rings is 2. The first-order valence-corrected chi connectivity index (χ1v) is 17.2. The van der Waals surface area contributed by atoms with Crippen LogP contribution < -0.4 is 4.74 Å². The summed E-state index contributed by atoms with van der Waals surface area (Å²) >= 11 is 0. The zero-order chi connectivity index (χ0) is 31.4. The smallest absolute Gasteiger partial charge is 0.255 e. The number of ether oxygens (including phenoxy) is 1. The molecule has 5 aliphatic rings. The Morgan fingerprint density at radius 2 is 1.72 bits per heavy atom. The van der Waals surface area contributed by atoms with E-state index in [0.29, 0.717) is 54.4 Å². The zero-order valence-corrected chi connectivity index (χ0v) is 26.6. The molecule has 9 heteroatoms. The molecule has 238 valence electrons. The van der Waals surface area contributed by atoms with Gasteiger partial charge in [0, 0.05) is 73.5 Å². The van der Waals surface area contributed by atoms with Crippen molar-refractivity contribution in [3.8, 4) is 17.3 Å². The Hall–Kier alpha value is -4.66. The van der Waals surface area contributed by atoms with Crippen LogP contribution in [0, 0.1) is 29.6 Å². The number of likely N-dealkylation sites (tertiary alicyclic amines) is 2. The molecule has 0 bridgehead atoms. The van der Waals surface area contributed by atoms with Gasteiger partial charge in [-0.3, -0.25) is 14.6 Å². The predicted molar refractivity (Wildman–Crippen MR) is 178 cm³/mol. The molecule has 47 heavy (non-hydrogen) atoms. The van der Waals surface area contributed by atoms with Crippen molar-refractivity contribution in [1.29, 1.82) is 0 Å². The Bertz CT molecular complexity index is 2070. The van der Waals surface area contributed by atoms with Gasteiger partial charge in [0.1, 0.15) is 11.3 Å². The van der Waals surface area contributed by atoms with Crippen molar-refractivity contribution in [1.82, 2.24) is 28.9 Å². The van der Waals surface area contributed by atoms with Crippen LogP contribution in [-0.2, 0) is 13.1 Å². The van der Waals surface area contributed by atoms with Crippen molar-refractivity contribution in [3.05, 3.63) is 78.1 Å². The van der Waals surface area contributed by atoms with Gasteiger partial charge in [0.2, 0.25) is 0 Å². The molecule has 3 aliphatic carbocycles. The van der Waals surface area contributed by atoms with Crippen molar-refractivity contribution in [2.45, 2.75) is 44.8 Å². The van der Waals surface area contributed by atoms with E-state index in [9.17, 15) is 9.59 Å². The van der Waals surface area contributed by atoms with E-state index in [1.807, 2.05) is 23.1 Å². The van der Waals surface area contributed by atoms with Gasteiger partial charge in [0.15, 0.2) is 5.82 Å². The second-order valence-corrected chi connectivity index (χ2v) is 14.6. The topological polar surface area (TPSA) is 85.5 Å². The Morgan fingerprint density at radius 3 is 2.49 bits per heavy atom. The largest absolute Gasteiger partial charge is 0.494 e. The van der Waals surface area contributed by atoms with E-state index in [1.165, 1.54) is 30.2 Å². The lowest BCUT2D eigenvalue weighted by atomic mass is 9.53.